The summed E-state index contributed by atoms with van der Waals surface area (Å²) in [7, 11) is 1.27. The second-order valence-corrected chi connectivity index (χ2v) is 6.33. The largest absolute Gasteiger partial charge is 0.481 e. The number of ether oxygens (including phenoxy) is 1. The molecule has 0 N–H and O–H groups in total. The highest BCUT2D eigenvalue weighted by atomic mass is 19.3. The lowest BCUT2D eigenvalue weighted by Crippen LogP contribution is -2.16. The van der Waals surface area contributed by atoms with Crippen LogP contribution in [0.5, 0.6) is 5.88 Å². The highest BCUT2D eigenvalue weighted by Crippen LogP contribution is 2.37. The number of carbonyl (C=O) groups is 1. The third-order valence-electron chi connectivity index (χ3n) is 4.59. The van der Waals surface area contributed by atoms with Crippen LogP contribution < -0.4 is 4.74 Å². The van der Waals surface area contributed by atoms with Gasteiger partial charge in [0.25, 0.3) is 5.92 Å². The molecule has 0 saturated heterocycles. The number of fused-ring (bicyclic) bond motifs is 1. The van der Waals surface area contributed by atoms with Crippen molar-refractivity contribution in [1.29, 1.82) is 0 Å². The fourth-order valence-corrected chi connectivity index (χ4v) is 3.30. The fourth-order valence-electron chi connectivity index (χ4n) is 3.30. The number of hydrogen-bond donors (Lipinski definition) is 0. The monoisotopic (exact) mass is 349 g/mol. The summed E-state index contributed by atoms with van der Waals surface area (Å²) in [5, 5.41) is 0. The van der Waals surface area contributed by atoms with Gasteiger partial charge in [-0.25, -0.2) is 18.2 Å². The number of carbonyl (C=O) groups excluding carboxylic acids is 1. The first-order valence-electron chi connectivity index (χ1n) is 8.02. The summed E-state index contributed by atoms with van der Waals surface area (Å²) in [6.07, 6.45) is 2.21. The van der Waals surface area contributed by atoms with Gasteiger partial charge in [0.05, 0.1) is 12.7 Å². The van der Waals surface area contributed by atoms with Crippen LogP contribution >= 0.6 is 0 Å². The normalized spacial score (nSPS) is 17.8. The SMILES string of the molecule is COc1ncc(C2CCc3c(F)cccc3CC2=O)cc1C(C)(F)F. The Bertz CT molecular complexity index is 815. The summed E-state index contributed by atoms with van der Waals surface area (Å²) in [5.74, 6) is -4.35. The molecule has 0 bridgehead atoms. The Kier molecular flexibility index (Phi) is 4.54. The zero-order chi connectivity index (χ0) is 18.2. The van der Waals surface area contributed by atoms with E-state index < -0.39 is 11.8 Å². The van der Waals surface area contributed by atoms with Gasteiger partial charge in [-0.3, -0.25) is 4.79 Å². The van der Waals surface area contributed by atoms with E-state index >= 15 is 0 Å². The van der Waals surface area contributed by atoms with Crippen LogP contribution in [0.1, 0.15) is 41.5 Å². The molecular formula is C19H18F3NO2. The average Bonchev–Trinajstić information content (AvgIpc) is 2.73. The molecule has 1 aromatic carbocycles. The van der Waals surface area contributed by atoms with Gasteiger partial charge >= 0.3 is 0 Å². The van der Waals surface area contributed by atoms with Crippen molar-refractivity contribution in [2.45, 2.75) is 38.0 Å². The summed E-state index contributed by atoms with van der Waals surface area (Å²) in [5.41, 5.74) is 1.25. The lowest BCUT2D eigenvalue weighted by molar-refractivity contribution is -0.119. The van der Waals surface area contributed by atoms with Gasteiger partial charge in [0.15, 0.2) is 0 Å². The maximum atomic E-state index is 14.0. The molecule has 2 aromatic rings. The quantitative estimate of drug-likeness (QED) is 0.780. The van der Waals surface area contributed by atoms with E-state index in [1.807, 2.05) is 0 Å². The maximum Gasteiger partial charge on any atom is 0.275 e. The summed E-state index contributed by atoms with van der Waals surface area (Å²) in [6.45, 7) is 0.760. The van der Waals surface area contributed by atoms with E-state index in [0.717, 1.165) is 6.92 Å². The van der Waals surface area contributed by atoms with Crippen molar-refractivity contribution in [3.63, 3.8) is 0 Å². The molecule has 1 aliphatic carbocycles. The van der Waals surface area contributed by atoms with Crippen LogP contribution in [0.25, 0.3) is 0 Å². The zero-order valence-corrected chi connectivity index (χ0v) is 14.0. The number of halogens is 3. The Morgan fingerprint density at radius 2 is 2.08 bits per heavy atom. The van der Waals surface area contributed by atoms with Crippen molar-refractivity contribution < 1.29 is 22.7 Å². The number of benzene rings is 1. The van der Waals surface area contributed by atoms with Gasteiger partial charge < -0.3 is 4.74 Å². The molecule has 0 saturated carbocycles. The standard InChI is InChI=1S/C19H18F3NO2/c1-19(21,22)15-8-12(10-23-18(15)25-2)14-7-6-13-11(9-17(14)24)4-3-5-16(13)20/h3-5,8,10,14H,6-7,9H2,1-2H3. The second-order valence-electron chi connectivity index (χ2n) is 6.33. The van der Waals surface area contributed by atoms with E-state index in [0.29, 0.717) is 29.5 Å². The number of alkyl halides is 2. The molecule has 3 rings (SSSR count). The Morgan fingerprint density at radius 1 is 1.32 bits per heavy atom. The minimum absolute atomic E-state index is 0.0850. The van der Waals surface area contributed by atoms with Crippen molar-refractivity contribution in [3.05, 3.63) is 58.5 Å². The van der Waals surface area contributed by atoms with Gasteiger partial charge in [0, 0.05) is 25.5 Å². The molecule has 132 valence electrons. The first-order chi connectivity index (χ1) is 11.8. The van der Waals surface area contributed by atoms with E-state index in [9.17, 15) is 18.0 Å². The molecule has 0 amide bonds. The number of pyridine rings is 1. The molecule has 0 fully saturated rings. The van der Waals surface area contributed by atoms with E-state index in [1.54, 1.807) is 12.1 Å². The van der Waals surface area contributed by atoms with Crippen LogP contribution in [0.3, 0.4) is 0 Å². The molecular weight excluding hydrogens is 331 g/mol. The second kappa shape index (κ2) is 6.50. The highest BCUT2D eigenvalue weighted by Gasteiger charge is 2.33. The number of rotatable bonds is 3. The number of ketones is 1. The molecule has 1 heterocycles. The van der Waals surface area contributed by atoms with Crippen molar-refractivity contribution in [3.8, 4) is 5.88 Å². The summed E-state index contributed by atoms with van der Waals surface area (Å²) in [4.78, 5) is 16.6. The number of methoxy groups -OCH3 is 1. The number of Topliss-reactive ketones (excluding diaryl/α,β-unsaturated/α-hetero) is 1. The minimum Gasteiger partial charge on any atom is -0.481 e. The molecule has 6 heteroatoms. The third-order valence-corrected chi connectivity index (χ3v) is 4.59. The Hall–Kier alpha value is -2.37. The molecule has 0 aliphatic heterocycles. The molecule has 0 spiro atoms. The predicted molar refractivity (Wildman–Crippen MR) is 86.5 cm³/mol. The van der Waals surface area contributed by atoms with Gasteiger partial charge in [-0.1, -0.05) is 12.1 Å². The average molecular weight is 349 g/mol. The van der Waals surface area contributed by atoms with Crippen LogP contribution in [0.4, 0.5) is 13.2 Å². The van der Waals surface area contributed by atoms with E-state index in [-0.39, 0.29) is 29.5 Å². The van der Waals surface area contributed by atoms with Crippen molar-refractivity contribution >= 4 is 5.78 Å². The molecule has 25 heavy (non-hydrogen) atoms. The molecule has 0 radical (unpaired) electrons. The van der Waals surface area contributed by atoms with Crippen molar-refractivity contribution in [2.75, 3.05) is 7.11 Å². The van der Waals surface area contributed by atoms with Crippen LogP contribution in [-0.4, -0.2) is 17.9 Å². The Balaban J connectivity index is 1.98. The topological polar surface area (TPSA) is 39.2 Å². The smallest absolute Gasteiger partial charge is 0.275 e. The third kappa shape index (κ3) is 3.38. The number of aromatic nitrogens is 1. The van der Waals surface area contributed by atoms with Crippen molar-refractivity contribution in [2.24, 2.45) is 0 Å². The number of nitrogens with zero attached hydrogens (tertiary/aromatic N) is 1. The van der Waals surface area contributed by atoms with E-state index in [2.05, 4.69) is 4.98 Å². The Morgan fingerprint density at radius 3 is 2.76 bits per heavy atom. The molecule has 3 nitrogen and oxygen atoms in total. The van der Waals surface area contributed by atoms with Gasteiger partial charge in [0.1, 0.15) is 11.6 Å². The zero-order valence-electron chi connectivity index (χ0n) is 14.0. The lowest BCUT2D eigenvalue weighted by Gasteiger charge is -2.18. The van der Waals surface area contributed by atoms with E-state index in [1.165, 1.54) is 25.4 Å². The fraction of sp³-hybridized carbons (Fsp3) is 0.368. The highest BCUT2D eigenvalue weighted by molar-refractivity contribution is 5.88. The predicted octanol–water partition coefficient (Wildman–Crippen LogP) is 4.18. The summed E-state index contributed by atoms with van der Waals surface area (Å²) < 4.78 is 46.6. The minimum atomic E-state index is -3.14. The van der Waals surface area contributed by atoms with E-state index in [4.69, 9.17) is 4.74 Å². The molecule has 1 atom stereocenters. The Labute approximate surface area is 143 Å². The van der Waals surface area contributed by atoms with Crippen LogP contribution in [-0.2, 0) is 23.6 Å². The number of hydrogen-bond acceptors (Lipinski definition) is 3. The van der Waals surface area contributed by atoms with Crippen LogP contribution in [0.2, 0.25) is 0 Å². The maximum absolute atomic E-state index is 14.0. The summed E-state index contributed by atoms with van der Waals surface area (Å²) >= 11 is 0. The lowest BCUT2D eigenvalue weighted by atomic mass is 9.90. The van der Waals surface area contributed by atoms with Crippen LogP contribution in [0.15, 0.2) is 30.5 Å². The van der Waals surface area contributed by atoms with Crippen LogP contribution in [0, 0.1) is 5.82 Å². The first kappa shape index (κ1) is 17.5. The van der Waals surface area contributed by atoms with Gasteiger partial charge in [-0.2, -0.15) is 0 Å². The van der Waals surface area contributed by atoms with Gasteiger partial charge in [-0.15, -0.1) is 0 Å². The van der Waals surface area contributed by atoms with Crippen molar-refractivity contribution in [1.82, 2.24) is 4.98 Å². The molecule has 1 aromatic heterocycles. The summed E-state index contributed by atoms with van der Waals surface area (Å²) in [6, 6.07) is 5.96. The van der Waals surface area contributed by atoms with Gasteiger partial charge in [-0.05, 0) is 41.7 Å². The first-order valence-corrected chi connectivity index (χ1v) is 8.02. The molecule has 1 aliphatic rings. The molecule has 1 unspecified atom stereocenters. The van der Waals surface area contributed by atoms with Gasteiger partial charge in [0.2, 0.25) is 5.88 Å².